The predicted molar refractivity (Wildman–Crippen MR) is 110 cm³/mol. The average molecular weight is 392 g/mol. The Hall–Kier alpha value is -3.00. The van der Waals surface area contributed by atoms with Crippen LogP contribution in [0, 0.1) is 5.92 Å². The first kappa shape index (κ1) is 18.4. The third kappa shape index (κ3) is 3.96. The van der Waals surface area contributed by atoms with E-state index < -0.39 is 0 Å². The van der Waals surface area contributed by atoms with Crippen LogP contribution < -0.4 is 0 Å². The number of hydrogen-bond acceptors (Lipinski definition) is 6. The van der Waals surface area contributed by atoms with Crippen molar-refractivity contribution in [2.75, 3.05) is 0 Å². The van der Waals surface area contributed by atoms with Crippen molar-refractivity contribution in [2.24, 2.45) is 5.92 Å². The first-order valence-electron chi connectivity index (χ1n) is 9.15. The topological polar surface area (TPSA) is 85.2 Å². The van der Waals surface area contributed by atoms with Gasteiger partial charge in [0.1, 0.15) is 5.82 Å². The minimum absolute atomic E-state index is 0.498. The van der Waals surface area contributed by atoms with Crippen LogP contribution in [0.4, 0.5) is 0 Å². The van der Waals surface area contributed by atoms with Gasteiger partial charge >= 0.3 is 0 Å². The zero-order valence-electron chi connectivity index (χ0n) is 15.7. The van der Waals surface area contributed by atoms with Crippen LogP contribution in [0.5, 0.6) is 0 Å². The van der Waals surface area contributed by atoms with Crippen molar-refractivity contribution >= 4 is 12.6 Å². The summed E-state index contributed by atoms with van der Waals surface area (Å²) in [5, 5.41) is 19.2. The summed E-state index contributed by atoms with van der Waals surface area (Å²) >= 11 is 4.31. The number of aromatic nitrogens is 7. The van der Waals surface area contributed by atoms with Crippen LogP contribution in [-0.2, 0) is 13.0 Å². The number of thiol groups is 1. The predicted octanol–water partition coefficient (Wildman–Crippen LogP) is 3.66. The molecule has 0 aliphatic heterocycles. The molecule has 0 radical (unpaired) electrons. The summed E-state index contributed by atoms with van der Waals surface area (Å²) in [4.78, 5) is 4.48. The molecule has 0 saturated carbocycles. The lowest BCUT2D eigenvalue weighted by Gasteiger charge is -2.10. The van der Waals surface area contributed by atoms with E-state index in [0.717, 1.165) is 29.1 Å². The highest BCUT2D eigenvalue weighted by Crippen LogP contribution is 2.30. The standard InChI is InChI=1S/C20H21N7S/c1-13(2)12-27-18(21-20(28)24-27)11-14-7-9-15(10-8-14)16-5-3-4-6-17(16)19-22-25-26-23-19/h3-10,13H,11-12H2,1-2H3,(H,24,28)(H,22,23,25,26). The molecule has 1 N–H and O–H groups in total. The number of nitrogens with zero attached hydrogens (tertiary/aromatic N) is 6. The van der Waals surface area contributed by atoms with E-state index in [0.29, 0.717) is 23.3 Å². The molecule has 7 nitrogen and oxygen atoms in total. The fourth-order valence-electron chi connectivity index (χ4n) is 3.18. The van der Waals surface area contributed by atoms with Crippen molar-refractivity contribution < 1.29 is 0 Å². The highest BCUT2D eigenvalue weighted by atomic mass is 32.1. The zero-order valence-corrected chi connectivity index (χ0v) is 16.6. The van der Waals surface area contributed by atoms with Gasteiger partial charge in [0, 0.05) is 18.5 Å². The molecule has 2 heterocycles. The van der Waals surface area contributed by atoms with Crippen LogP contribution in [0.2, 0.25) is 0 Å². The Morgan fingerprint density at radius 1 is 1.04 bits per heavy atom. The van der Waals surface area contributed by atoms with Crippen molar-refractivity contribution in [1.29, 1.82) is 0 Å². The van der Waals surface area contributed by atoms with Crippen LogP contribution in [0.3, 0.4) is 0 Å². The van der Waals surface area contributed by atoms with Gasteiger partial charge in [-0.25, -0.2) is 14.8 Å². The summed E-state index contributed by atoms with van der Waals surface area (Å²) in [6, 6.07) is 16.5. The summed E-state index contributed by atoms with van der Waals surface area (Å²) < 4.78 is 1.95. The molecule has 0 fully saturated rings. The molecule has 2 aromatic carbocycles. The number of aromatic amines is 1. The minimum atomic E-state index is 0.498. The molecule has 28 heavy (non-hydrogen) atoms. The number of nitrogens with one attached hydrogen (secondary N) is 1. The number of H-pyrrole nitrogens is 1. The monoisotopic (exact) mass is 391 g/mol. The van der Waals surface area contributed by atoms with E-state index in [1.54, 1.807) is 0 Å². The summed E-state index contributed by atoms with van der Waals surface area (Å²) in [5.74, 6) is 2.08. The Morgan fingerprint density at radius 2 is 1.79 bits per heavy atom. The lowest BCUT2D eigenvalue weighted by atomic mass is 9.98. The molecule has 0 saturated heterocycles. The minimum Gasteiger partial charge on any atom is -0.248 e. The van der Waals surface area contributed by atoms with Gasteiger partial charge in [-0.2, -0.15) is 0 Å². The Balaban J connectivity index is 1.60. The lowest BCUT2D eigenvalue weighted by Crippen LogP contribution is -2.10. The first-order valence-corrected chi connectivity index (χ1v) is 9.60. The Bertz CT molecular complexity index is 1050. The van der Waals surface area contributed by atoms with Crippen LogP contribution in [0.15, 0.2) is 53.7 Å². The highest BCUT2D eigenvalue weighted by molar-refractivity contribution is 7.80. The maximum Gasteiger partial charge on any atom is 0.205 e. The van der Waals surface area contributed by atoms with Crippen LogP contribution in [0.25, 0.3) is 22.5 Å². The summed E-state index contributed by atoms with van der Waals surface area (Å²) in [5.41, 5.74) is 4.33. The van der Waals surface area contributed by atoms with E-state index in [9.17, 15) is 0 Å². The Labute approximate surface area is 168 Å². The summed E-state index contributed by atoms with van der Waals surface area (Å²) in [7, 11) is 0. The molecule has 0 atom stereocenters. The van der Waals surface area contributed by atoms with Crippen molar-refractivity contribution in [3.8, 4) is 22.5 Å². The normalized spacial score (nSPS) is 11.3. The van der Waals surface area contributed by atoms with Crippen molar-refractivity contribution in [3.05, 3.63) is 59.9 Å². The third-order valence-corrected chi connectivity index (χ3v) is 4.62. The molecule has 0 spiro atoms. The molecule has 0 bridgehead atoms. The van der Waals surface area contributed by atoms with Gasteiger partial charge in [-0.3, -0.25) is 0 Å². The van der Waals surface area contributed by atoms with Gasteiger partial charge in [0.25, 0.3) is 0 Å². The molecule has 8 heteroatoms. The second kappa shape index (κ2) is 7.93. The molecule has 4 rings (SSSR count). The van der Waals surface area contributed by atoms with E-state index in [4.69, 9.17) is 0 Å². The smallest absolute Gasteiger partial charge is 0.205 e. The number of tetrazole rings is 1. The summed E-state index contributed by atoms with van der Waals surface area (Å²) in [6.07, 6.45) is 0.716. The van der Waals surface area contributed by atoms with E-state index in [1.165, 1.54) is 5.56 Å². The van der Waals surface area contributed by atoms with Gasteiger partial charge < -0.3 is 0 Å². The van der Waals surface area contributed by atoms with Gasteiger partial charge in [0.2, 0.25) is 5.16 Å². The molecule has 4 aromatic rings. The third-order valence-electron chi connectivity index (χ3n) is 4.43. The maximum absolute atomic E-state index is 4.48. The highest BCUT2D eigenvalue weighted by Gasteiger charge is 2.12. The van der Waals surface area contributed by atoms with Gasteiger partial charge in [-0.15, -0.1) is 22.8 Å². The van der Waals surface area contributed by atoms with Gasteiger partial charge in [0.05, 0.1) is 0 Å². The van der Waals surface area contributed by atoms with Crippen molar-refractivity contribution in [3.63, 3.8) is 0 Å². The Morgan fingerprint density at radius 3 is 2.46 bits per heavy atom. The van der Waals surface area contributed by atoms with Crippen molar-refractivity contribution in [1.82, 2.24) is 35.4 Å². The van der Waals surface area contributed by atoms with Crippen molar-refractivity contribution in [2.45, 2.75) is 32.0 Å². The van der Waals surface area contributed by atoms with E-state index in [-0.39, 0.29) is 0 Å². The first-order chi connectivity index (χ1) is 13.6. The SMILES string of the molecule is CC(C)Cn1nc(S)nc1Cc1ccc(-c2ccccc2-c2nnn[nH]2)cc1. The molecular formula is C20H21N7S. The quantitative estimate of drug-likeness (QED) is 0.490. The molecule has 0 amide bonds. The average Bonchev–Trinajstić information content (AvgIpc) is 3.32. The zero-order chi connectivity index (χ0) is 19.5. The van der Waals surface area contributed by atoms with Gasteiger partial charge in [-0.05, 0) is 33.0 Å². The van der Waals surface area contributed by atoms with Gasteiger partial charge in [-0.1, -0.05) is 62.4 Å². The number of benzene rings is 2. The molecule has 0 aliphatic rings. The van der Waals surface area contributed by atoms with Gasteiger partial charge in [0.15, 0.2) is 5.82 Å². The van der Waals surface area contributed by atoms with Crippen LogP contribution in [-0.4, -0.2) is 35.4 Å². The van der Waals surface area contributed by atoms with E-state index >= 15 is 0 Å². The molecule has 2 aromatic heterocycles. The number of rotatable bonds is 6. The van der Waals surface area contributed by atoms with E-state index in [2.05, 4.69) is 87.5 Å². The lowest BCUT2D eigenvalue weighted by molar-refractivity contribution is 0.464. The fourth-order valence-corrected chi connectivity index (χ4v) is 3.41. The second-order valence-corrected chi connectivity index (χ2v) is 7.47. The maximum atomic E-state index is 4.48. The molecule has 142 valence electrons. The van der Waals surface area contributed by atoms with E-state index in [1.807, 2.05) is 22.9 Å². The second-order valence-electron chi connectivity index (χ2n) is 7.07. The van der Waals surface area contributed by atoms with Crippen LogP contribution >= 0.6 is 12.6 Å². The van der Waals surface area contributed by atoms with Crippen LogP contribution in [0.1, 0.15) is 25.2 Å². The number of hydrogen-bond donors (Lipinski definition) is 2. The molecule has 0 unspecified atom stereocenters. The fraction of sp³-hybridized carbons (Fsp3) is 0.250. The summed E-state index contributed by atoms with van der Waals surface area (Å²) in [6.45, 7) is 5.17. The molecular weight excluding hydrogens is 370 g/mol. The Kier molecular flexibility index (Phi) is 5.21. The molecule has 0 aliphatic carbocycles. The largest absolute Gasteiger partial charge is 0.248 e.